The molecule has 0 unspecified atom stereocenters. The van der Waals surface area contributed by atoms with E-state index < -0.39 is 0 Å². The number of carbonyl (C=O) groups is 1. The van der Waals surface area contributed by atoms with Gasteiger partial charge in [0, 0.05) is 62.8 Å². The molecule has 1 fully saturated rings. The van der Waals surface area contributed by atoms with Gasteiger partial charge in [-0.3, -0.25) is 19.5 Å². The van der Waals surface area contributed by atoms with Crippen molar-refractivity contribution < 1.29 is 9.32 Å². The molecule has 0 N–H and O–H groups in total. The SMILES string of the molecule is O=C(c1ccno1)N1CCN(CCn2nc(-c3cccnc3)ccc2=O)CC1. The molecule has 9 nitrogen and oxygen atoms in total. The molecule has 144 valence electrons. The van der Waals surface area contributed by atoms with Crippen LogP contribution in [-0.2, 0) is 6.54 Å². The zero-order valence-corrected chi connectivity index (χ0v) is 15.3. The lowest BCUT2D eigenvalue weighted by Crippen LogP contribution is -2.49. The highest BCUT2D eigenvalue weighted by Crippen LogP contribution is 2.13. The number of hydrogen-bond acceptors (Lipinski definition) is 7. The van der Waals surface area contributed by atoms with Crippen LogP contribution in [0.15, 0.2) is 58.2 Å². The molecule has 0 aliphatic carbocycles. The van der Waals surface area contributed by atoms with Gasteiger partial charge in [-0.15, -0.1) is 0 Å². The Balaban J connectivity index is 1.34. The van der Waals surface area contributed by atoms with E-state index >= 15 is 0 Å². The van der Waals surface area contributed by atoms with Crippen LogP contribution in [0.4, 0.5) is 0 Å². The summed E-state index contributed by atoms with van der Waals surface area (Å²) in [7, 11) is 0. The predicted molar refractivity (Wildman–Crippen MR) is 101 cm³/mol. The molecule has 0 bridgehead atoms. The molecule has 0 radical (unpaired) electrons. The Hall–Kier alpha value is -3.33. The van der Waals surface area contributed by atoms with Gasteiger partial charge in [-0.1, -0.05) is 5.16 Å². The molecule has 0 saturated carbocycles. The van der Waals surface area contributed by atoms with Crippen molar-refractivity contribution in [3.8, 4) is 11.3 Å². The fourth-order valence-electron chi connectivity index (χ4n) is 3.17. The molecule has 28 heavy (non-hydrogen) atoms. The largest absolute Gasteiger partial charge is 0.351 e. The molecule has 3 aromatic rings. The Bertz CT molecular complexity index is 978. The number of rotatable bonds is 5. The summed E-state index contributed by atoms with van der Waals surface area (Å²) in [6, 6.07) is 8.57. The van der Waals surface area contributed by atoms with E-state index in [2.05, 4.69) is 20.1 Å². The van der Waals surface area contributed by atoms with E-state index in [0.717, 1.165) is 24.3 Å². The summed E-state index contributed by atoms with van der Waals surface area (Å²) in [5.74, 6) is 0.121. The maximum absolute atomic E-state index is 12.3. The molecule has 4 rings (SSSR count). The van der Waals surface area contributed by atoms with Crippen molar-refractivity contribution in [2.45, 2.75) is 6.54 Å². The quantitative estimate of drug-likeness (QED) is 0.644. The van der Waals surface area contributed by atoms with Crippen LogP contribution in [0.5, 0.6) is 0 Å². The van der Waals surface area contributed by atoms with Gasteiger partial charge >= 0.3 is 0 Å². The molecule has 1 saturated heterocycles. The summed E-state index contributed by atoms with van der Waals surface area (Å²) in [4.78, 5) is 32.5. The third-order valence-corrected chi connectivity index (χ3v) is 4.76. The van der Waals surface area contributed by atoms with Gasteiger partial charge in [0.1, 0.15) is 0 Å². The lowest BCUT2D eigenvalue weighted by atomic mass is 10.2. The average Bonchev–Trinajstić information content (AvgIpc) is 3.29. The molecule has 3 aromatic heterocycles. The summed E-state index contributed by atoms with van der Waals surface area (Å²) < 4.78 is 6.42. The third-order valence-electron chi connectivity index (χ3n) is 4.76. The van der Waals surface area contributed by atoms with Gasteiger partial charge < -0.3 is 9.42 Å². The Labute approximate surface area is 161 Å². The highest BCUT2D eigenvalue weighted by atomic mass is 16.5. The van der Waals surface area contributed by atoms with Gasteiger partial charge in [-0.05, 0) is 18.2 Å². The van der Waals surface area contributed by atoms with Gasteiger partial charge in [0.05, 0.1) is 18.4 Å². The van der Waals surface area contributed by atoms with Crippen molar-refractivity contribution >= 4 is 5.91 Å². The summed E-state index contributed by atoms with van der Waals surface area (Å²) in [6.07, 6.45) is 4.89. The smallest absolute Gasteiger partial charge is 0.292 e. The zero-order chi connectivity index (χ0) is 19.3. The van der Waals surface area contributed by atoms with Crippen LogP contribution in [0.2, 0.25) is 0 Å². The van der Waals surface area contributed by atoms with Gasteiger partial charge in [-0.2, -0.15) is 5.10 Å². The highest BCUT2D eigenvalue weighted by molar-refractivity contribution is 5.91. The number of hydrogen-bond donors (Lipinski definition) is 0. The van der Waals surface area contributed by atoms with Crippen LogP contribution >= 0.6 is 0 Å². The summed E-state index contributed by atoms with van der Waals surface area (Å²) in [5, 5.41) is 8.03. The second-order valence-electron chi connectivity index (χ2n) is 6.53. The summed E-state index contributed by atoms with van der Waals surface area (Å²) in [6.45, 7) is 3.86. The first-order valence-corrected chi connectivity index (χ1v) is 9.11. The lowest BCUT2D eigenvalue weighted by molar-refractivity contribution is 0.0591. The Morgan fingerprint density at radius 2 is 1.89 bits per heavy atom. The highest BCUT2D eigenvalue weighted by Gasteiger charge is 2.24. The van der Waals surface area contributed by atoms with Gasteiger partial charge in [0.2, 0.25) is 5.76 Å². The first-order valence-electron chi connectivity index (χ1n) is 9.11. The van der Waals surface area contributed by atoms with Crippen LogP contribution < -0.4 is 5.56 Å². The standard InChI is InChI=1S/C19H20N6O3/c26-18-4-3-16(15-2-1-6-20-14-15)22-25(18)13-10-23-8-11-24(12-9-23)19(27)17-5-7-21-28-17/h1-7,14H,8-13H2. The normalized spacial score (nSPS) is 14.9. The van der Waals surface area contributed by atoms with E-state index in [4.69, 9.17) is 4.52 Å². The lowest BCUT2D eigenvalue weighted by Gasteiger charge is -2.34. The number of amides is 1. The Morgan fingerprint density at radius 3 is 2.61 bits per heavy atom. The van der Waals surface area contributed by atoms with E-state index in [1.165, 1.54) is 16.9 Å². The van der Waals surface area contributed by atoms with Crippen LogP contribution in [0.3, 0.4) is 0 Å². The second-order valence-corrected chi connectivity index (χ2v) is 6.53. The minimum atomic E-state index is -0.140. The van der Waals surface area contributed by atoms with E-state index in [1.807, 2.05) is 12.1 Å². The fraction of sp³-hybridized carbons (Fsp3) is 0.316. The van der Waals surface area contributed by atoms with E-state index in [1.54, 1.807) is 29.4 Å². The molecular weight excluding hydrogens is 360 g/mol. The second kappa shape index (κ2) is 8.13. The zero-order valence-electron chi connectivity index (χ0n) is 15.3. The molecule has 1 amide bonds. The van der Waals surface area contributed by atoms with Crippen LogP contribution in [0, 0.1) is 0 Å². The van der Waals surface area contributed by atoms with Crippen molar-refractivity contribution in [2.24, 2.45) is 0 Å². The number of aromatic nitrogens is 4. The topological polar surface area (TPSA) is 97.4 Å². The van der Waals surface area contributed by atoms with E-state index in [0.29, 0.717) is 26.2 Å². The van der Waals surface area contributed by atoms with Crippen molar-refractivity contribution in [2.75, 3.05) is 32.7 Å². The molecule has 0 spiro atoms. The minimum absolute atomic E-state index is 0.133. The van der Waals surface area contributed by atoms with Crippen molar-refractivity contribution in [1.29, 1.82) is 0 Å². The molecule has 4 heterocycles. The first kappa shape index (κ1) is 18.1. The van der Waals surface area contributed by atoms with Crippen LogP contribution in [-0.4, -0.2) is 68.4 Å². The third kappa shape index (κ3) is 3.99. The van der Waals surface area contributed by atoms with E-state index in [9.17, 15) is 9.59 Å². The summed E-state index contributed by atoms with van der Waals surface area (Å²) in [5.41, 5.74) is 1.46. The van der Waals surface area contributed by atoms with Gasteiger partial charge in [0.25, 0.3) is 11.5 Å². The first-order chi connectivity index (χ1) is 13.7. The van der Waals surface area contributed by atoms with Crippen LogP contribution in [0.25, 0.3) is 11.3 Å². The predicted octanol–water partition coefficient (Wildman–Crippen LogP) is 0.751. The van der Waals surface area contributed by atoms with Gasteiger partial charge in [0.15, 0.2) is 0 Å². The Kier molecular flexibility index (Phi) is 5.24. The van der Waals surface area contributed by atoms with Crippen molar-refractivity contribution in [3.63, 3.8) is 0 Å². The van der Waals surface area contributed by atoms with E-state index in [-0.39, 0.29) is 17.2 Å². The average molecular weight is 380 g/mol. The maximum Gasteiger partial charge on any atom is 0.292 e. The maximum atomic E-state index is 12.3. The van der Waals surface area contributed by atoms with Crippen LogP contribution in [0.1, 0.15) is 10.6 Å². The molecular formula is C19H20N6O3. The fourth-order valence-corrected chi connectivity index (χ4v) is 3.17. The minimum Gasteiger partial charge on any atom is -0.351 e. The number of piperazine rings is 1. The number of nitrogens with zero attached hydrogens (tertiary/aromatic N) is 6. The molecule has 0 aromatic carbocycles. The number of carbonyl (C=O) groups excluding carboxylic acids is 1. The molecule has 9 heteroatoms. The van der Waals surface area contributed by atoms with Gasteiger partial charge in [-0.25, -0.2) is 4.68 Å². The molecule has 0 atom stereocenters. The molecule has 1 aliphatic rings. The monoisotopic (exact) mass is 380 g/mol. The summed E-state index contributed by atoms with van der Waals surface area (Å²) >= 11 is 0. The van der Waals surface area contributed by atoms with Crippen molar-refractivity contribution in [3.05, 3.63) is 65.0 Å². The molecule has 1 aliphatic heterocycles. The van der Waals surface area contributed by atoms with Crippen molar-refractivity contribution in [1.82, 2.24) is 29.7 Å². The Morgan fingerprint density at radius 1 is 1.04 bits per heavy atom. The number of pyridine rings is 1.